The minimum Gasteiger partial charge on any atom is -0.406 e. The van der Waals surface area contributed by atoms with E-state index >= 15 is 0 Å². The predicted molar refractivity (Wildman–Crippen MR) is 90.7 cm³/mol. The molecule has 0 aliphatic rings. The highest BCUT2D eigenvalue weighted by molar-refractivity contribution is 6.77. The van der Waals surface area contributed by atoms with Crippen LogP contribution < -0.4 is 0 Å². The minimum absolute atomic E-state index is 0.135. The Bertz CT molecular complexity index is 292. The van der Waals surface area contributed by atoms with Gasteiger partial charge >= 0.3 is 0 Å². The third-order valence-electron chi connectivity index (χ3n) is 4.46. The average molecular weight is 301 g/mol. The van der Waals surface area contributed by atoms with Crippen molar-refractivity contribution < 1.29 is 9.22 Å². The van der Waals surface area contributed by atoms with Gasteiger partial charge in [-0.05, 0) is 22.0 Å². The Morgan fingerprint density at radius 2 is 1.30 bits per heavy atom. The lowest BCUT2D eigenvalue weighted by Crippen LogP contribution is -2.54. The molecule has 2 nitrogen and oxygen atoms in total. The molecular weight excluding hydrogens is 264 g/mol. The number of carbonyl (C=O) groups is 1. The quantitative estimate of drug-likeness (QED) is 0.574. The number of ketones is 1. The molecule has 0 aromatic rings. The number of hydrogen-bond acceptors (Lipinski definition) is 2. The zero-order valence-corrected chi connectivity index (χ0v) is 16.3. The van der Waals surface area contributed by atoms with Gasteiger partial charge in [-0.3, -0.25) is 4.79 Å². The van der Waals surface area contributed by atoms with Gasteiger partial charge in [-0.1, -0.05) is 69.2 Å². The maximum Gasteiger partial charge on any atom is 0.201 e. The molecule has 0 heterocycles. The Balaban J connectivity index is 5.67. The number of hydrogen-bond donors (Lipinski definition) is 0. The van der Waals surface area contributed by atoms with Gasteiger partial charge in [-0.2, -0.15) is 0 Å². The van der Waals surface area contributed by atoms with Crippen LogP contribution in [-0.4, -0.2) is 20.2 Å². The minimum atomic E-state index is -2.00. The first-order chi connectivity index (χ1) is 8.91. The van der Waals surface area contributed by atoms with Crippen molar-refractivity contribution in [3.8, 4) is 0 Å². The molecule has 0 N–H and O–H groups in total. The molecule has 0 amide bonds. The molecule has 0 rings (SSSR count). The van der Waals surface area contributed by atoms with Gasteiger partial charge in [0, 0.05) is 6.42 Å². The van der Waals surface area contributed by atoms with Crippen molar-refractivity contribution in [1.29, 1.82) is 0 Å². The van der Waals surface area contributed by atoms with E-state index in [9.17, 15) is 4.79 Å². The summed E-state index contributed by atoms with van der Waals surface area (Å²) in [7, 11) is -2.00. The molecule has 1 atom stereocenters. The largest absolute Gasteiger partial charge is 0.406 e. The highest BCUT2D eigenvalue weighted by Crippen LogP contribution is 2.45. The lowest BCUT2D eigenvalue weighted by molar-refractivity contribution is -0.130. The summed E-state index contributed by atoms with van der Waals surface area (Å²) in [5, 5.41) is 0. The van der Waals surface area contributed by atoms with Crippen molar-refractivity contribution in [1.82, 2.24) is 0 Å². The fraction of sp³-hybridized carbons (Fsp3) is 0.941. The molecule has 20 heavy (non-hydrogen) atoms. The Kier molecular flexibility index (Phi) is 7.16. The summed E-state index contributed by atoms with van der Waals surface area (Å²) in [6, 6.07) is 0. The van der Waals surface area contributed by atoms with Crippen LogP contribution in [0.4, 0.5) is 0 Å². The molecule has 0 fully saturated rings. The molecular formula is C17H36O2Si. The summed E-state index contributed by atoms with van der Waals surface area (Å²) < 4.78 is 6.73. The fourth-order valence-electron chi connectivity index (χ4n) is 3.52. The third-order valence-corrected chi connectivity index (χ3v) is 10.5. The van der Waals surface area contributed by atoms with Crippen molar-refractivity contribution in [2.75, 3.05) is 0 Å². The summed E-state index contributed by atoms with van der Waals surface area (Å²) in [4.78, 5) is 12.4. The van der Waals surface area contributed by atoms with E-state index in [0.29, 0.717) is 23.0 Å². The smallest absolute Gasteiger partial charge is 0.201 e. The molecule has 0 saturated heterocycles. The monoisotopic (exact) mass is 300 g/mol. The summed E-state index contributed by atoms with van der Waals surface area (Å²) >= 11 is 0. The van der Waals surface area contributed by atoms with Crippen molar-refractivity contribution >= 4 is 14.1 Å². The molecule has 120 valence electrons. The first-order valence-electron chi connectivity index (χ1n) is 8.11. The van der Waals surface area contributed by atoms with Crippen molar-refractivity contribution in [3.05, 3.63) is 0 Å². The van der Waals surface area contributed by atoms with E-state index in [2.05, 4.69) is 62.3 Å². The SMILES string of the molecule is CCC(=O)[C@@H](O[Si](C(C)C)(C(C)C)C(C)C)C(C)(C)C. The van der Waals surface area contributed by atoms with Gasteiger partial charge in [0.05, 0.1) is 0 Å². The Morgan fingerprint density at radius 3 is 1.50 bits per heavy atom. The molecule has 0 radical (unpaired) electrons. The first-order valence-corrected chi connectivity index (χ1v) is 10.3. The van der Waals surface area contributed by atoms with Crippen LogP contribution in [-0.2, 0) is 9.22 Å². The van der Waals surface area contributed by atoms with Gasteiger partial charge in [0.15, 0.2) is 5.78 Å². The molecule has 0 bridgehead atoms. The van der Waals surface area contributed by atoms with Gasteiger partial charge in [-0.15, -0.1) is 0 Å². The van der Waals surface area contributed by atoms with E-state index in [-0.39, 0.29) is 17.3 Å². The van der Waals surface area contributed by atoms with Crippen LogP contribution in [0.1, 0.15) is 75.7 Å². The van der Waals surface area contributed by atoms with Crippen LogP contribution in [0.5, 0.6) is 0 Å². The zero-order valence-electron chi connectivity index (χ0n) is 15.3. The maximum atomic E-state index is 12.4. The molecule has 0 aromatic heterocycles. The van der Waals surface area contributed by atoms with Gasteiger partial charge in [-0.25, -0.2) is 0 Å². The van der Waals surface area contributed by atoms with Crippen LogP contribution >= 0.6 is 0 Å². The predicted octanol–water partition coefficient (Wildman–Crippen LogP) is 5.57. The summed E-state index contributed by atoms with van der Waals surface area (Å²) in [6.07, 6.45) is 0.284. The van der Waals surface area contributed by atoms with Gasteiger partial charge in [0.2, 0.25) is 8.32 Å². The summed E-state index contributed by atoms with van der Waals surface area (Å²) in [6.45, 7) is 21.9. The van der Waals surface area contributed by atoms with Crippen LogP contribution in [0, 0.1) is 5.41 Å². The number of carbonyl (C=O) groups excluding carboxylic acids is 1. The van der Waals surface area contributed by atoms with Crippen LogP contribution in [0.3, 0.4) is 0 Å². The van der Waals surface area contributed by atoms with E-state index in [1.807, 2.05) is 6.92 Å². The van der Waals surface area contributed by atoms with E-state index in [0.717, 1.165) is 0 Å². The summed E-state index contributed by atoms with van der Waals surface area (Å²) in [5.74, 6) is 0.247. The Labute approximate surface area is 127 Å². The molecule has 0 saturated carbocycles. The first kappa shape index (κ1) is 19.8. The van der Waals surface area contributed by atoms with Crippen molar-refractivity contribution in [2.45, 2.75) is 98.4 Å². The second-order valence-corrected chi connectivity index (χ2v) is 13.4. The Hall–Kier alpha value is -0.153. The van der Waals surface area contributed by atoms with E-state index in [1.165, 1.54) is 0 Å². The van der Waals surface area contributed by atoms with Crippen molar-refractivity contribution in [3.63, 3.8) is 0 Å². The van der Waals surface area contributed by atoms with Gasteiger partial charge < -0.3 is 4.43 Å². The highest BCUT2D eigenvalue weighted by Gasteiger charge is 2.49. The second-order valence-electron chi connectivity index (χ2n) is 8.00. The van der Waals surface area contributed by atoms with Crippen molar-refractivity contribution in [2.24, 2.45) is 5.41 Å². The highest BCUT2D eigenvalue weighted by atomic mass is 28.4. The molecule has 0 unspecified atom stereocenters. The molecule has 0 aromatic carbocycles. The topological polar surface area (TPSA) is 26.3 Å². The number of Topliss-reactive ketones (excluding diaryl/α,β-unsaturated/α-hetero) is 1. The normalized spacial score (nSPS) is 15.2. The third kappa shape index (κ3) is 4.17. The van der Waals surface area contributed by atoms with Gasteiger partial charge in [0.1, 0.15) is 6.10 Å². The standard InChI is InChI=1S/C17H36O2Si/c1-11-15(18)16(17(8,9)10)19-20(12(2)3,13(4)5)14(6)7/h12-14,16H,11H2,1-10H3/t16-/m1/s1. The summed E-state index contributed by atoms with van der Waals surface area (Å²) in [5.41, 5.74) is 1.40. The Morgan fingerprint density at radius 1 is 0.950 bits per heavy atom. The van der Waals surface area contributed by atoms with E-state index in [4.69, 9.17) is 4.43 Å². The fourth-order valence-corrected chi connectivity index (χ4v) is 9.23. The molecule has 0 aliphatic carbocycles. The van der Waals surface area contributed by atoms with E-state index < -0.39 is 8.32 Å². The zero-order chi connectivity index (χ0) is 16.3. The van der Waals surface area contributed by atoms with Crippen LogP contribution in [0.25, 0.3) is 0 Å². The average Bonchev–Trinajstić information content (AvgIpc) is 2.25. The van der Waals surface area contributed by atoms with Gasteiger partial charge in [0.25, 0.3) is 0 Å². The maximum absolute atomic E-state index is 12.4. The molecule has 0 spiro atoms. The van der Waals surface area contributed by atoms with Crippen LogP contribution in [0.15, 0.2) is 0 Å². The van der Waals surface area contributed by atoms with Crippen LogP contribution in [0.2, 0.25) is 16.6 Å². The lowest BCUT2D eigenvalue weighted by Gasteiger charge is -2.47. The lowest BCUT2D eigenvalue weighted by atomic mass is 9.86. The second kappa shape index (κ2) is 7.21. The van der Waals surface area contributed by atoms with E-state index in [1.54, 1.807) is 0 Å². The molecule has 3 heteroatoms. The molecule has 0 aliphatic heterocycles. The number of rotatable bonds is 7.